The van der Waals surface area contributed by atoms with Crippen LogP contribution in [0.1, 0.15) is 66.2 Å². The zero-order chi connectivity index (χ0) is 19.6. The summed E-state index contributed by atoms with van der Waals surface area (Å²) in [7, 11) is 4.30. The lowest BCUT2D eigenvalue weighted by molar-refractivity contribution is 0.253. The lowest BCUT2D eigenvalue weighted by Crippen LogP contribution is -2.31. The topological polar surface area (TPSA) is 30.5 Å². The van der Waals surface area contributed by atoms with Crippen molar-refractivity contribution in [3.63, 3.8) is 0 Å². The molecular formula is C22H50N4. The molecule has 2 saturated heterocycles. The summed E-state index contributed by atoms with van der Waals surface area (Å²) < 4.78 is 0. The molecule has 2 aliphatic rings. The molecule has 2 N–H and O–H groups in total. The second-order valence-corrected chi connectivity index (χ2v) is 7.81. The molecular weight excluding hydrogens is 320 g/mol. The summed E-state index contributed by atoms with van der Waals surface area (Å²) >= 11 is 0. The van der Waals surface area contributed by atoms with Crippen molar-refractivity contribution in [3.8, 4) is 0 Å². The quantitative estimate of drug-likeness (QED) is 0.682. The molecule has 1 atom stereocenters. The Balaban J connectivity index is 0.000000444. The molecule has 158 valence electrons. The maximum atomic E-state index is 3.44. The van der Waals surface area contributed by atoms with Crippen LogP contribution in [0.2, 0.25) is 0 Å². The summed E-state index contributed by atoms with van der Waals surface area (Å²) in [4.78, 5) is 4.80. The van der Waals surface area contributed by atoms with E-state index in [0.29, 0.717) is 0 Å². The SMILES string of the molecule is CC.CCN(CC)CCC1CCNCC1.CN(C)CCC1CCCNC1. The predicted octanol–water partition coefficient (Wildman–Crippen LogP) is 3.68. The van der Waals surface area contributed by atoms with Gasteiger partial charge in [-0.15, -0.1) is 0 Å². The Bertz CT molecular complexity index is 267. The molecule has 0 bridgehead atoms. The highest BCUT2D eigenvalue weighted by atomic mass is 15.1. The van der Waals surface area contributed by atoms with Crippen molar-refractivity contribution in [2.45, 2.75) is 66.2 Å². The largest absolute Gasteiger partial charge is 0.317 e. The van der Waals surface area contributed by atoms with Crippen LogP contribution < -0.4 is 10.6 Å². The monoisotopic (exact) mass is 370 g/mol. The van der Waals surface area contributed by atoms with E-state index in [0.717, 1.165) is 11.8 Å². The number of piperidine rings is 2. The fourth-order valence-corrected chi connectivity index (χ4v) is 3.69. The summed E-state index contributed by atoms with van der Waals surface area (Å²) in [6.45, 7) is 18.4. The van der Waals surface area contributed by atoms with Crippen molar-refractivity contribution >= 4 is 0 Å². The fraction of sp³-hybridized carbons (Fsp3) is 1.00. The molecule has 0 aromatic heterocycles. The molecule has 1 unspecified atom stereocenters. The van der Waals surface area contributed by atoms with E-state index in [2.05, 4.69) is 48.4 Å². The van der Waals surface area contributed by atoms with E-state index in [1.807, 2.05) is 13.8 Å². The third-order valence-electron chi connectivity index (χ3n) is 5.59. The summed E-state index contributed by atoms with van der Waals surface area (Å²) in [6.07, 6.45) is 8.35. The van der Waals surface area contributed by atoms with E-state index >= 15 is 0 Å². The molecule has 0 aromatic carbocycles. The van der Waals surface area contributed by atoms with E-state index in [-0.39, 0.29) is 0 Å². The van der Waals surface area contributed by atoms with Crippen LogP contribution in [-0.4, -0.2) is 76.3 Å². The number of hydrogen-bond acceptors (Lipinski definition) is 4. The molecule has 0 radical (unpaired) electrons. The number of nitrogens with zero attached hydrogens (tertiary/aromatic N) is 2. The predicted molar refractivity (Wildman–Crippen MR) is 118 cm³/mol. The molecule has 4 nitrogen and oxygen atoms in total. The van der Waals surface area contributed by atoms with Gasteiger partial charge in [0.1, 0.15) is 0 Å². The standard InChI is InChI=1S/C11H24N2.C9H20N2.C2H6/c1-3-13(4-2)10-7-11-5-8-12-9-6-11;1-11(2)7-5-9-4-3-6-10-8-9;1-2/h11-12H,3-10H2,1-2H3;9-10H,3-8H2,1-2H3;1-2H3. The van der Waals surface area contributed by atoms with Crippen LogP contribution in [0.3, 0.4) is 0 Å². The lowest BCUT2D eigenvalue weighted by atomic mass is 9.94. The Hall–Kier alpha value is -0.160. The van der Waals surface area contributed by atoms with E-state index in [1.54, 1.807) is 0 Å². The van der Waals surface area contributed by atoms with Crippen LogP contribution >= 0.6 is 0 Å². The smallest absolute Gasteiger partial charge is 0.00163 e. The van der Waals surface area contributed by atoms with Gasteiger partial charge in [0.25, 0.3) is 0 Å². The second-order valence-electron chi connectivity index (χ2n) is 7.81. The number of nitrogens with one attached hydrogen (secondary N) is 2. The van der Waals surface area contributed by atoms with Crippen LogP contribution in [0.25, 0.3) is 0 Å². The van der Waals surface area contributed by atoms with Gasteiger partial charge in [-0.2, -0.15) is 0 Å². The van der Waals surface area contributed by atoms with Gasteiger partial charge in [0, 0.05) is 0 Å². The molecule has 0 aromatic rings. The van der Waals surface area contributed by atoms with Gasteiger partial charge < -0.3 is 20.4 Å². The lowest BCUT2D eigenvalue weighted by Gasteiger charge is -2.25. The first-order chi connectivity index (χ1) is 12.7. The van der Waals surface area contributed by atoms with Crippen molar-refractivity contribution < 1.29 is 0 Å². The van der Waals surface area contributed by atoms with E-state index in [4.69, 9.17) is 0 Å². The molecule has 0 amide bonds. The van der Waals surface area contributed by atoms with Crippen LogP contribution in [0, 0.1) is 11.8 Å². The third kappa shape index (κ3) is 14.0. The van der Waals surface area contributed by atoms with Crippen LogP contribution in [0.5, 0.6) is 0 Å². The van der Waals surface area contributed by atoms with Gasteiger partial charge in [0.05, 0.1) is 0 Å². The highest BCUT2D eigenvalue weighted by Crippen LogP contribution is 2.16. The van der Waals surface area contributed by atoms with E-state index < -0.39 is 0 Å². The first-order valence-electron chi connectivity index (χ1n) is 11.4. The third-order valence-corrected chi connectivity index (χ3v) is 5.59. The number of rotatable bonds is 8. The van der Waals surface area contributed by atoms with Crippen LogP contribution in [0.4, 0.5) is 0 Å². The van der Waals surface area contributed by atoms with Gasteiger partial charge in [0.2, 0.25) is 0 Å². The minimum absolute atomic E-state index is 0.936. The summed E-state index contributed by atoms with van der Waals surface area (Å²) in [5.74, 6) is 1.92. The van der Waals surface area contributed by atoms with Gasteiger partial charge in [-0.05, 0) is 117 Å². The van der Waals surface area contributed by atoms with Gasteiger partial charge in [-0.3, -0.25) is 0 Å². The summed E-state index contributed by atoms with van der Waals surface area (Å²) in [5.41, 5.74) is 0. The van der Waals surface area contributed by atoms with Gasteiger partial charge in [-0.25, -0.2) is 0 Å². The minimum Gasteiger partial charge on any atom is -0.317 e. The Morgan fingerprint density at radius 2 is 1.38 bits per heavy atom. The van der Waals surface area contributed by atoms with Crippen molar-refractivity contribution in [2.75, 3.05) is 66.5 Å². The summed E-state index contributed by atoms with van der Waals surface area (Å²) in [6, 6.07) is 0. The fourth-order valence-electron chi connectivity index (χ4n) is 3.69. The first-order valence-corrected chi connectivity index (χ1v) is 11.4. The Morgan fingerprint density at radius 1 is 0.769 bits per heavy atom. The molecule has 2 aliphatic heterocycles. The van der Waals surface area contributed by atoms with Crippen molar-refractivity contribution in [3.05, 3.63) is 0 Å². The maximum Gasteiger partial charge on any atom is -0.00163 e. The highest BCUT2D eigenvalue weighted by molar-refractivity contribution is 4.70. The Morgan fingerprint density at radius 3 is 1.88 bits per heavy atom. The first kappa shape index (κ1) is 25.8. The van der Waals surface area contributed by atoms with Crippen molar-refractivity contribution in [1.29, 1.82) is 0 Å². The van der Waals surface area contributed by atoms with Crippen molar-refractivity contribution in [1.82, 2.24) is 20.4 Å². The van der Waals surface area contributed by atoms with Crippen molar-refractivity contribution in [2.24, 2.45) is 11.8 Å². The van der Waals surface area contributed by atoms with Gasteiger partial charge in [0.15, 0.2) is 0 Å². The van der Waals surface area contributed by atoms with E-state index in [1.165, 1.54) is 90.9 Å². The summed E-state index contributed by atoms with van der Waals surface area (Å²) in [5, 5.41) is 6.86. The van der Waals surface area contributed by atoms with E-state index in [9.17, 15) is 0 Å². The minimum atomic E-state index is 0.936. The second kappa shape index (κ2) is 18.2. The zero-order valence-electron chi connectivity index (χ0n) is 18.9. The molecule has 2 rings (SSSR count). The molecule has 4 heteroatoms. The Labute approximate surface area is 165 Å². The molecule has 0 aliphatic carbocycles. The normalized spacial score (nSPS) is 21.0. The molecule has 2 heterocycles. The molecule has 26 heavy (non-hydrogen) atoms. The zero-order valence-corrected chi connectivity index (χ0v) is 18.9. The molecule has 2 fully saturated rings. The number of hydrogen-bond donors (Lipinski definition) is 2. The average Bonchev–Trinajstić information content (AvgIpc) is 2.71. The van der Waals surface area contributed by atoms with Gasteiger partial charge >= 0.3 is 0 Å². The van der Waals surface area contributed by atoms with Gasteiger partial charge in [-0.1, -0.05) is 27.7 Å². The Kier molecular flexibility index (Phi) is 18.1. The molecule has 0 spiro atoms. The van der Waals surface area contributed by atoms with Crippen LogP contribution in [0.15, 0.2) is 0 Å². The highest BCUT2D eigenvalue weighted by Gasteiger charge is 2.13. The molecule has 0 saturated carbocycles. The average molecular weight is 371 g/mol. The van der Waals surface area contributed by atoms with Crippen LogP contribution in [-0.2, 0) is 0 Å². The maximum absolute atomic E-state index is 3.44.